The van der Waals surface area contributed by atoms with E-state index in [2.05, 4.69) is 10.6 Å². The number of hydrogen-bond acceptors (Lipinski definition) is 3. The van der Waals surface area contributed by atoms with Gasteiger partial charge in [-0.2, -0.15) is 0 Å². The molecule has 1 amide bonds. The van der Waals surface area contributed by atoms with Crippen LogP contribution in [0.2, 0.25) is 0 Å². The first-order chi connectivity index (χ1) is 4.86. The fraction of sp³-hybridized carbons (Fsp3) is 0.833. The van der Waals surface area contributed by atoms with Gasteiger partial charge in [-0.1, -0.05) is 0 Å². The van der Waals surface area contributed by atoms with Gasteiger partial charge in [0, 0.05) is 0 Å². The van der Waals surface area contributed by atoms with Crippen LogP contribution < -0.4 is 10.6 Å². The number of carbonyl (C=O) groups is 1. The highest BCUT2D eigenvalue weighted by Crippen LogP contribution is 2.07. The predicted molar refractivity (Wildman–Crippen MR) is 34.5 cm³/mol. The minimum Gasteiger partial charge on any atom is -0.378 e. The molecule has 0 saturated carbocycles. The Morgan fingerprint density at radius 1 is 1.40 bits per heavy atom. The molecule has 0 bridgehead atoms. The maximum atomic E-state index is 10.8. The first-order valence-electron chi connectivity index (χ1n) is 3.47. The second-order valence-corrected chi connectivity index (χ2v) is 2.70. The highest BCUT2D eigenvalue weighted by atomic mass is 16.5. The monoisotopic (exact) mass is 142 g/mol. The molecule has 2 saturated heterocycles. The molecule has 56 valence electrons. The molecule has 2 aliphatic rings. The summed E-state index contributed by atoms with van der Waals surface area (Å²) in [7, 11) is 0. The third-order valence-electron chi connectivity index (χ3n) is 1.95. The molecule has 4 nitrogen and oxygen atoms in total. The molecule has 2 N–H and O–H groups in total. The van der Waals surface area contributed by atoms with Crippen LogP contribution in [-0.2, 0) is 9.53 Å². The van der Waals surface area contributed by atoms with Gasteiger partial charge in [-0.3, -0.25) is 4.79 Å². The molecule has 4 heteroatoms. The molecule has 0 aromatic carbocycles. The van der Waals surface area contributed by atoms with Crippen molar-refractivity contribution in [1.82, 2.24) is 10.6 Å². The molecule has 0 aliphatic carbocycles. The Kier molecular flexibility index (Phi) is 1.35. The zero-order valence-corrected chi connectivity index (χ0v) is 5.59. The van der Waals surface area contributed by atoms with E-state index in [0.29, 0.717) is 19.2 Å². The molecule has 0 spiro atoms. The van der Waals surface area contributed by atoms with Crippen molar-refractivity contribution in [1.29, 1.82) is 0 Å². The lowest BCUT2D eigenvalue weighted by Crippen LogP contribution is -2.58. The summed E-state index contributed by atoms with van der Waals surface area (Å²) in [6.45, 7) is 1.82. The molecule has 2 rings (SSSR count). The molecular formula is C6H10N2O2. The molecular weight excluding hydrogens is 132 g/mol. The number of ether oxygens (including phenoxy) is 1. The van der Waals surface area contributed by atoms with E-state index in [0.717, 1.165) is 6.61 Å². The highest BCUT2D eigenvalue weighted by Gasteiger charge is 2.32. The fourth-order valence-corrected chi connectivity index (χ4v) is 1.38. The number of piperazine rings is 1. The van der Waals surface area contributed by atoms with E-state index in [1.54, 1.807) is 0 Å². The van der Waals surface area contributed by atoms with Gasteiger partial charge in [-0.25, -0.2) is 0 Å². The predicted octanol–water partition coefficient (Wildman–Crippen LogP) is -1.53. The number of fused-ring (bicyclic) bond motifs is 1. The van der Waals surface area contributed by atoms with Crippen LogP contribution in [0.4, 0.5) is 0 Å². The zero-order chi connectivity index (χ0) is 6.97. The molecule has 10 heavy (non-hydrogen) atoms. The zero-order valence-electron chi connectivity index (χ0n) is 5.59. The number of carbonyl (C=O) groups excluding carboxylic acids is 1. The van der Waals surface area contributed by atoms with Crippen molar-refractivity contribution >= 4 is 5.91 Å². The molecule has 2 aliphatic heterocycles. The quantitative estimate of drug-likeness (QED) is 0.431. The summed E-state index contributed by atoms with van der Waals surface area (Å²) in [5.74, 6) is 0.0757. The van der Waals surface area contributed by atoms with E-state index >= 15 is 0 Å². The lowest BCUT2D eigenvalue weighted by atomic mass is 10.1. The molecule has 2 atom stereocenters. The summed E-state index contributed by atoms with van der Waals surface area (Å²) < 4.78 is 5.16. The van der Waals surface area contributed by atoms with Crippen molar-refractivity contribution in [2.45, 2.75) is 12.1 Å². The maximum Gasteiger partial charge on any atom is 0.234 e. The van der Waals surface area contributed by atoms with Gasteiger partial charge in [0.05, 0.1) is 31.8 Å². The Morgan fingerprint density at radius 2 is 2.20 bits per heavy atom. The van der Waals surface area contributed by atoms with Crippen molar-refractivity contribution in [3.63, 3.8) is 0 Å². The topological polar surface area (TPSA) is 50.4 Å². The summed E-state index contributed by atoms with van der Waals surface area (Å²) in [6, 6.07) is 0.555. The van der Waals surface area contributed by atoms with E-state index in [9.17, 15) is 4.79 Å². The van der Waals surface area contributed by atoms with Crippen LogP contribution in [0.1, 0.15) is 0 Å². The molecule has 0 aromatic heterocycles. The van der Waals surface area contributed by atoms with Gasteiger partial charge in [0.15, 0.2) is 0 Å². The Balaban J connectivity index is 2.03. The highest BCUT2D eigenvalue weighted by molar-refractivity contribution is 5.79. The standard InChI is InChI=1S/C6H10N2O2/c9-6-1-7-4-2-10-3-5(4)8-6/h4-5,7H,1-3H2,(H,8,9)/t4-,5+/m0/s1. The first kappa shape index (κ1) is 6.12. The smallest absolute Gasteiger partial charge is 0.234 e. The van der Waals surface area contributed by atoms with E-state index in [1.807, 2.05) is 0 Å². The van der Waals surface area contributed by atoms with Crippen LogP contribution in [0.15, 0.2) is 0 Å². The third-order valence-corrected chi connectivity index (χ3v) is 1.95. The van der Waals surface area contributed by atoms with Crippen molar-refractivity contribution in [2.24, 2.45) is 0 Å². The van der Waals surface area contributed by atoms with E-state index in [-0.39, 0.29) is 11.9 Å². The van der Waals surface area contributed by atoms with Crippen LogP contribution >= 0.6 is 0 Å². The Morgan fingerprint density at radius 3 is 3.10 bits per heavy atom. The largest absolute Gasteiger partial charge is 0.378 e. The van der Waals surface area contributed by atoms with Crippen molar-refractivity contribution < 1.29 is 9.53 Å². The normalized spacial score (nSPS) is 39.0. The molecule has 2 fully saturated rings. The van der Waals surface area contributed by atoms with E-state index in [4.69, 9.17) is 4.74 Å². The van der Waals surface area contributed by atoms with Gasteiger partial charge in [-0.05, 0) is 0 Å². The van der Waals surface area contributed by atoms with Crippen molar-refractivity contribution in [3.8, 4) is 0 Å². The average Bonchev–Trinajstić information content (AvgIpc) is 2.33. The third kappa shape index (κ3) is 0.892. The SMILES string of the molecule is O=C1CN[C@H]2COC[C@H]2N1. The first-order valence-corrected chi connectivity index (χ1v) is 3.47. The van der Waals surface area contributed by atoms with Crippen LogP contribution in [-0.4, -0.2) is 37.7 Å². The van der Waals surface area contributed by atoms with E-state index < -0.39 is 0 Å². The average molecular weight is 142 g/mol. The number of hydrogen-bond donors (Lipinski definition) is 2. The van der Waals surface area contributed by atoms with Crippen LogP contribution in [0, 0.1) is 0 Å². The minimum absolute atomic E-state index is 0.0757. The molecule has 0 radical (unpaired) electrons. The molecule has 0 aromatic rings. The summed E-state index contributed by atoms with van der Waals surface area (Å²) in [5.41, 5.74) is 0. The van der Waals surface area contributed by atoms with Gasteiger partial charge in [0.2, 0.25) is 5.91 Å². The summed E-state index contributed by atoms with van der Waals surface area (Å²) in [4.78, 5) is 10.8. The van der Waals surface area contributed by atoms with Crippen molar-refractivity contribution in [3.05, 3.63) is 0 Å². The lowest BCUT2D eigenvalue weighted by Gasteiger charge is -2.25. The van der Waals surface area contributed by atoms with Crippen molar-refractivity contribution in [2.75, 3.05) is 19.8 Å². The maximum absolute atomic E-state index is 10.8. The van der Waals surface area contributed by atoms with Gasteiger partial charge in [-0.15, -0.1) is 0 Å². The number of nitrogens with one attached hydrogen (secondary N) is 2. The lowest BCUT2D eigenvalue weighted by molar-refractivity contribution is -0.122. The number of amides is 1. The number of rotatable bonds is 0. The second kappa shape index (κ2) is 2.21. The fourth-order valence-electron chi connectivity index (χ4n) is 1.38. The second-order valence-electron chi connectivity index (χ2n) is 2.70. The van der Waals surface area contributed by atoms with Gasteiger partial charge in [0.1, 0.15) is 0 Å². The van der Waals surface area contributed by atoms with Gasteiger partial charge in [0.25, 0.3) is 0 Å². The summed E-state index contributed by atoms with van der Waals surface area (Å²) in [5, 5.41) is 5.95. The van der Waals surface area contributed by atoms with Gasteiger partial charge < -0.3 is 15.4 Å². The minimum atomic E-state index is 0.0757. The van der Waals surface area contributed by atoms with Gasteiger partial charge >= 0.3 is 0 Å². The Bertz CT molecular complexity index is 160. The van der Waals surface area contributed by atoms with Crippen LogP contribution in [0.25, 0.3) is 0 Å². The Labute approximate surface area is 58.9 Å². The summed E-state index contributed by atoms with van der Waals surface area (Å²) in [6.07, 6.45) is 0. The molecule has 0 unspecified atom stereocenters. The molecule has 2 heterocycles. The van der Waals surface area contributed by atoms with Crippen LogP contribution in [0.3, 0.4) is 0 Å². The summed E-state index contributed by atoms with van der Waals surface area (Å²) >= 11 is 0. The van der Waals surface area contributed by atoms with Crippen LogP contribution in [0.5, 0.6) is 0 Å². The Hall–Kier alpha value is -0.610. The van der Waals surface area contributed by atoms with E-state index in [1.165, 1.54) is 0 Å².